The van der Waals surface area contributed by atoms with Crippen LogP contribution in [0.2, 0.25) is 5.02 Å². The minimum Gasteiger partial charge on any atom is -0.373 e. The lowest BCUT2D eigenvalue weighted by atomic mass is 9.82. The second-order valence-electron chi connectivity index (χ2n) is 5.56. The van der Waals surface area contributed by atoms with E-state index >= 15 is 0 Å². The van der Waals surface area contributed by atoms with E-state index in [4.69, 9.17) is 22.2 Å². The first-order chi connectivity index (χ1) is 9.72. The van der Waals surface area contributed by atoms with Crippen LogP contribution < -0.4 is 11.3 Å². The van der Waals surface area contributed by atoms with E-state index in [1.54, 1.807) is 0 Å². The third-order valence-corrected chi connectivity index (χ3v) is 4.53. The number of nitrogens with two attached hydrogens (primary N) is 1. The van der Waals surface area contributed by atoms with Crippen LogP contribution in [0.3, 0.4) is 0 Å². The molecule has 0 bridgehead atoms. The number of ether oxygens (including phenoxy) is 1. The van der Waals surface area contributed by atoms with E-state index in [9.17, 15) is 0 Å². The SMILES string of the molecule is CCOC1(C(NN)c2ccc(Cl)cc2)CCCCCC1. The van der Waals surface area contributed by atoms with Crippen LogP contribution in [0.1, 0.15) is 57.1 Å². The zero-order valence-electron chi connectivity index (χ0n) is 12.2. The van der Waals surface area contributed by atoms with E-state index in [1.165, 1.54) is 25.7 Å². The summed E-state index contributed by atoms with van der Waals surface area (Å²) in [4.78, 5) is 0. The second-order valence-corrected chi connectivity index (χ2v) is 6.00. The van der Waals surface area contributed by atoms with Gasteiger partial charge in [0.05, 0.1) is 11.6 Å². The molecule has 3 N–H and O–H groups in total. The van der Waals surface area contributed by atoms with E-state index in [-0.39, 0.29) is 11.6 Å². The molecule has 1 atom stereocenters. The monoisotopic (exact) mass is 296 g/mol. The van der Waals surface area contributed by atoms with Crippen LogP contribution in [-0.4, -0.2) is 12.2 Å². The Hall–Kier alpha value is -0.610. The molecule has 1 saturated carbocycles. The standard InChI is InChI=1S/C16H25ClN2O/c1-2-20-16(11-5-3-4-6-12-16)15(19-18)13-7-9-14(17)10-8-13/h7-10,15,19H,2-6,11-12,18H2,1H3. The van der Waals surface area contributed by atoms with Gasteiger partial charge >= 0.3 is 0 Å². The summed E-state index contributed by atoms with van der Waals surface area (Å²) < 4.78 is 6.21. The molecule has 1 aliphatic rings. The molecule has 0 radical (unpaired) electrons. The van der Waals surface area contributed by atoms with Crippen molar-refractivity contribution in [2.45, 2.75) is 57.1 Å². The molecule has 1 fully saturated rings. The maximum absolute atomic E-state index is 6.21. The number of hydrogen-bond acceptors (Lipinski definition) is 3. The summed E-state index contributed by atoms with van der Waals surface area (Å²) in [6, 6.07) is 7.92. The van der Waals surface area contributed by atoms with Gasteiger partial charge in [0.25, 0.3) is 0 Å². The highest BCUT2D eigenvalue weighted by atomic mass is 35.5. The van der Waals surface area contributed by atoms with Gasteiger partial charge in [-0.25, -0.2) is 0 Å². The van der Waals surface area contributed by atoms with Crippen molar-refractivity contribution in [2.24, 2.45) is 5.84 Å². The lowest BCUT2D eigenvalue weighted by molar-refractivity contribution is -0.0782. The molecular weight excluding hydrogens is 272 g/mol. The zero-order valence-corrected chi connectivity index (χ0v) is 13.0. The summed E-state index contributed by atoms with van der Waals surface area (Å²) in [5, 5.41) is 0.746. The minimum atomic E-state index is -0.201. The van der Waals surface area contributed by atoms with Crippen LogP contribution in [-0.2, 0) is 4.74 Å². The van der Waals surface area contributed by atoms with Gasteiger partial charge in [-0.1, -0.05) is 49.4 Å². The van der Waals surface area contributed by atoms with Gasteiger partial charge in [0.2, 0.25) is 0 Å². The van der Waals surface area contributed by atoms with E-state index in [1.807, 2.05) is 24.3 Å². The van der Waals surface area contributed by atoms with Crippen LogP contribution in [0, 0.1) is 0 Å². The third kappa shape index (κ3) is 3.53. The number of nitrogens with one attached hydrogen (secondary N) is 1. The molecule has 112 valence electrons. The molecule has 20 heavy (non-hydrogen) atoms. The van der Waals surface area contributed by atoms with Crippen LogP contribution in [0.15, 0.2) is 24.3 Å². The number of hydrogen-bond donors (Lipinski definition) is 2. The third-order valence-electron chi connectivity index (χ3n) is 4.28. The van der Waals surface area contributed by atoms with Gasteiger partial charge in [0, 0.05) is 11.6 Å². The molecule has 0 saturated heterocycles. The van der Waals surface area contributed by atoms with E-state index in [0.717, 1.165) is 23.4 Å². The predicted molar refractivity (Wildman–Crippen MR) is 83.6 cm³/mol. The number of hydrazine groups is 1. The minimum absolute atomic E-state index is 0.0119. The molecule has 0 spiro atoms. The fourth-order valence-corrected chi connectivity index (χ4v) is 3.46. The highest BCUT2D eigenvalue weighted by Gasteiger charge is 2.40. The summed E-state index contributed by atoms with van der Waals surface area (Å²) in [7, 11) is 0. The number of halogens is 1. The largest absolute Gasteiger partial charge is 0.373 e. The van der Waals surface area contributed by atoms with Crippen LogP contribution in [0.5, 0.6) is 0 Å². The fraction of sp³-hybridized carbons (Fsp3) is 0.625. The highest BCUT2D eigenvalue weighted by Crippen LogP contribution is 2.40. The molecule has 0 aromatic heterocycles. The molecule has 1 unspecified atom stereocenters. The molecule has 1 aromatic rings. The summed E-state index contributed by atoms with van der Waals surface area (Å²) >= 11 is 5.98. The second kappa shape index (κ2) is 7.41. The Morgan fingerprint density at radius 3 is 2.30 bits per heavy atom. The average Bonchev–Trinajstić information content (AvgIpc) is 2.69. The van der Waals surface area contributed by atoms with Crippen molar-refractivity contribution in [3.05, 3.63) is 34.9 Å². The van der Waals surface area contributed by atoms with E-state index in [2.05, 4.69) is 12.3 Å². The normalized spacial score (nSPS) is 20.4. The molecule has 1 aromatic carbocycles. The van der Waals surface area contributed by atoms with Gasteiger partial charge in [0.15, 0.2) is 0 Å². The smallest absolute Gasteiger partial charge is 0.0889 e. The molecule has 4 heteroatoms. The number of rotatable bonds is 5. The summed E-state index contributed by atoms with van der Waals surface area (Å²) in [6.45, 7) is 2.77. The highest BCUT2D eigenvalue weighted by molar-refractivity contribution is 6.30. The fourth-order valence-electron chi connectivity index (χ4n) is 3.34. The maximum Gasteiger partial charge on any atom is 0.0889 e. The molecule has 2 rings (SSSR count). The zero-order chi connectivity index (χ0) is 14.4. The number of benzene rings is 1. The molecule has 0 aliphatic heterocycles. The summed E-state index contributed by atoms with van der Waals surface area (Å²) in [5.41, 5.74) is 3.94. The Balaban J connectivity index is 2.30. The quantitative estimate of drug-likeness (QED) is 0.491. The first kappa shape index (κ1) is 15.8. The molecule has 0 amide bonds. The van der Waals surface area contributed by atoms with Gasteiger partial charge in [-0.2, -0.15) is 0 Å². The Morgan fingerprint density at radius 2 is 1.80 bits per heavy atom. The van der Waals surface area contributed by atoms with Crippen LogP contribution in [0.25, 0.3) is 0 Å². The lowest BCUT2D eigenvalue weighted by Crippen LogP contribution is -2.48. The van der Waals surface area contributed by atoms with Crippen LogP contribution >= 0.6 is 11.6 Å². The van der Waals surface area contributed by atoms with Crippen molar-refractivity contribution in [1.82, 2.24) is 5.43 Å². The Bertz CT molecular complexity index is 399. The van der Waals surface area contributed by atoms with Gasteiger partial charge < -0.3 is 4.74 Å². The van der Waals surface area contributed by atoms with Crippen molar-refractivity contribution >= 4 is 11.6 Å². The van der Waals surface area contributed by atoms with Crippen molar-refractivity contribution in [1.29, 1.82) is 0 Å². The average molecular weight is 297 g/mol. The van der Waals surface area contributed by atoms with Gasteiger partial charge in [-0.3, -0.25) is 11.3 Å². The van der Waals surface area contributed by atoms with Crippen molar-refractivity contribution in [2.75, 3.05) is 6.61 Å². The topological polar surface area (TPSA) is 47.3 Å². The van der Waals surface area contributed by atoms with E-state index < -0.39 is 0 Å². The van der Waals surface area contributed by atoms with Gasteiger partial charge in [0.1, 0.15) is 0 Å². The van der Waals surface area contributed by atoms with E-state index in [0.29, 0.717) is 6.61 Å². The predicted octanol–water partition coefficient (Wildman–Crippen LogP) is 3.97. The maximum atomic E-state index is 6.21. The van der Waals surface area contributed by atoms with Crippen molar-refractivity contribution < 1.29 is 4.74 Å². The van der Waals surface area contributed by atoms with Crippen molar-refractivity contribution in [3.63, 3.8) is 0 Å². The molecule has 1 aliphatic carbocycles. The van der Waals surface area contributed by atoms with Crippen LogP contribution in [0.4, 0.5) is 0 Å². The Morgan fingerprint density at radius 1 is 1.20 bits per heavy atom. The molecule has 3 nitrogen and oxygen atoms in total. The Kier molecular flexibility index (Phi) is 5.85. The lowest BCUT2D eigenvalue weighted by Gasteiger charge is -2.40. The van der Waals surface area contributed by atoms with Gasteiger partial charge in [-0.05, 0) is 37.5 Å². The summed E-state index contributed by atoms with van der Waals surface area (Å²) in [6.07, 6.45) is 7.08. The first-order valence-electron chi connectivity index (χ1n) is 7.57. The summed E-state index contributed by atoms with van der Waals surface area (Å²) in [5.74, 6) is 5.88. The van der Waals surface area contributed by atoms with Gasteiger partial charge in [-0.15, -0.1) is 0 Å². The molecular formula is C16H25ClN2O. The molecule has 0 heterocycles. The Labute approximate surface area is 126 Å². The first-order valence-corrected chi connectivity index (χ1v) is 7.95. The van der Waals surface area contributed by atoms with Crippen molar-refractivity contribution in [3.8, 4) is 0 Å².